The summed E-state index contributed by atoms with van der Waals surface area (Å²) >= 11 is 1.55. The Kier molecular flexibility index (Phi) is 4.98. The first-order valence-electron chi connectivity index (χ1n) is 7.92. The van der Waals surface area contributed by atoms with Crippen molar-refractivity contribution in [2.75, 3.05) is 19.8 Å². The first kappa shape index (κ1) is 16.0. The van der Waals surface area contributed by atoms with E-state index in [1.54, 1.807) is 11.3 Å². The minimum atomic E-state index is -0.0176. The van der Waals surface area contributed by atoms with Gasteiger partial charge in [-0.1, -0.05) is 12.1 Å². The van der Waals surface area contributed by atoms with Crippen molar-refractivity contribution in [1.82, 2.24) is 5.32 Å². The van der Waals surface area contributed by atoms with Crippen LogP contribution in [0.2, 0.25) is 0 Å². The van der Waals surface area contributed by atoms with Crippen molar-refractivity contribution < 1.29 is 14.3 Å². The highest BCUT2D eigenvalue weighted by Gasteiger charge is 2.23. The van der Waals surface area contributed by atoms with Crippen LogP contribution in [-0.2, 0) is 11.3 Å². The zero-order valence-corrected chi connectivity index (χ0v) is 14.3. The van der Waals surface area contributed by atoms with Crippen LogP contribution in [-0.4, -0.2) is 25.7 Å². The molecule has 0 aliphatic carbocycles. The number of amides is 1. The van der Waals surface area contributed by atoms with E-state index in [1.807, 2.05) is 25.1 Å². The number of rotatable bonds is 6. The Morgan fingerprint density at radius 2 is 2.30 bits per heavy atom. The second kappa shape index (κ2) is 7.15. The van der Waals surface area contributed by atoms with Gasteiger partial charge in [0.1, 0.15) is 12.4 Å². The van der Waals surface area contributed by atoms with E-state index < -0.39 is 0 Å². The molecule has 0 unspecified atom stereocenters. The van der Waals surface area contributed by atoms with Crippen LogP contribution in [0.25, 0.3) is 10.4 Å². The Balaban J connectivity index is 1.73. The number of nitrogens with one attached hydrogen (secondary N) is 1. The van der Waals surface area contributed by atoms with Gasteiger partial charge in [-0.05, 0) is 38.0 Å². The van der Waals surface area contributed by atoms with Gasteiger partial charge in [-0.3, -0.25) is 4.79 Å². The summed E-state index contributed by atoms with van der Waals surface area (Å²) in [4.78, 5) is 14.2. The lowest BCUT2D eigenvalue weighted by Gasteiger charge is -2.19. The van der Waals surface area contributed by atoms with Gasteiger partial charge in [0.15, 0.2) is 0 Å². The van der Waals surface area contributed by atoms with E-state index in [0.717, 1.165) is 33.1 Å². The Morgan fingerprint density at radius 3 is 3.13 bits per heavy atom. The lowest BCUT2D eigenvalue weighted by atomic mass is 10.0. The summed E-state index contributed by atoms with van der Waals surface area (Å²) in [6, 6.07) is 8.01. The molecular weight excluding hydrogens is 310 g/mol. The molecule has 1 aromatic carbocycles. The first-order chi connectivity index (χ1) is 11.2. The Morgan fingerprint density at radius 1 is 1.43 bits per heavy atom. The number of aryl methyl sites for hydroxylation is 1. The van der Waals surface area contributed by atoms with E-state index in [2.05, 4.69) is 18.3 Å². The van der Waals surface area contributed by atoms with Crippen LogP contribution in [0.4, 0.5) is 0 Å². The molecule has 23 heavy (non-hydrogen) atoms. The minimum Gasteiger partial charge on any atom is -0.488 e. The number of benzene rings is 1. The van der Waals surface area contributed by atoms with E-state index in [-0.39, 0.29) is 5.91 Å². The molecule has 1 amide bonds. The SMILES string of the molecule is CCOCCCNC(=O)c1cc2c(s1)-c1c(C)cccc1OC2. The molecule has 1 aromatic heterocycles. The summed E-state index contributed by atoms with van der Waals surface area (Å²) in [5.74, 6) is 0.888. The third-order valence-corrected chi connectivity index (χ3v) is 5.03. The monoisotopic (exact) mass is 331 g/mol. The third kappa shape index (κ3) is 3.41. The molecule has 0 atom stereocenters. The average molecular weight is 331 g/mol. The van der Waals surface area contributed by atoms with Crippen LogP contribution in [0, 0.1) is 6.92 Å². The van der Waals surface area contributed by atoms with Gasteiger partial charge >= 0.3 is 0 Å². The molecule has 1 N–H and O–H groups in total. The highest BCUT2D eigenvalue weighted by molar-refractivity contribution is 7.17. The number of carbonyl (C=O) groups is 1. The maximum Gasteiger partial charge on any atom is 0.261 e. The summed E-state index contributed by atoms with van der Waals surface area (Å²) < 4.78 is 11.1. The molecule has 122 valence electrons. The molecule has 0 saturated carbocycles. The van der Waals surface area contributed by atoms with Gasteiger partial charge in [0.05, 0.1) is 4.88 Å². The number of thiophene rings is 1. The fourth-order valence-electron chi connectivity index (χ4n) is 2.67. The van der Waals surface area contributed by atoms with Crippen molar-refractivity contribution in [2.45, 2.75) is 26.9 Å². The second-order valence-corrected chi connectivity index (χ2v) is 6.56. The van der Waals surface area contributed by atoms with Crippen molar-refractivity contribution in [1.29, 1.82) is 0 Å². The molecular formula is C18H21NO3S. The summed E-state index contributed by atoms with van der Waals surface area (Å²) in [7, 11) is 0. The van der Waals surface area contributed by atoms with Gasteiger partial charge in [-0.15, -0.1) is 11.3 Å². The zero-order valence-electron chi connectivity index (χ0n) is 13.5. The van der Waals surface area contributed by atoms with Gasteiger partial charge < -0.3 is 14.8 Å². The smallest absolute Gasteiger partial charge is 0.261 e. The molecule has 0 radical (unpaired) electrons. The van der Waals surface area contributed by atoms with Crippen molar-refractivity contribution in [3.05, 3.63) is 40.3 Å². The van der Waals surface area contributed by atoms with E-state index in [0.29, 0.717) is 26.4 Å². The van der Waals surface area contributed by atoms with E-state index >= 15 is 0 Å². The molecule has 2 aromatic rings. The van der Waals surface area contributed by atoms with Crippen LogP contribution in [0.5, 0.6) is 5.75 Å². The van der Waals surface area contributed by atoms with Crippen LogP contribution < -0.4 is 10.1 Å². The molecule has 0 bridgehead atoms. The van der Waals surface area contributed by atoms with Gasteiger partial charge in [0.2, 0.25) is 0 Å². The lowest BCUT2D eigenvalue weighted by Crippen LogP contribution is -2.24. The maximum absolute atomic E-state index is 12.3. The van der Waals surface area contributed by atoms with Crippen LogP contribution in [0.1, 0.15) is 34.1 Å². The quantitative estimate of drug-likeness (QED) is 0.820. The van der Waals surface area contributed by atoms with Crippen LogP contribution in [0.3, 0.4) is 0 Å². The summed E-state index contributed by atoms with van der Waals surface area (Å²) in [6.07, 6.45) is 0.829. The van der Waals surface area contributed by atoms with Crippen molar-refractivity contribution in [3.8, 4) is 16.2 Å². The topological polar surface area (TPSA) is 47.6 Å². The van der Waals surface area contributed by atoms with Gasteiger partial charge in [-0.2, -0.15) is 0 Å². The van der Waals surface area contributed by atoms with Crippen LogP contribution >= 0.6 is 11.3 Å². The fraction of sp³-hybridized carbons (Fsp3) is 0.389. The van der Waals surface area contributed by atoms with Crippen molar-refractivity contribution in [2.24, 2.45) is 0 Å². The fourth-order valence-corrected chi connectivity index (χ4v) is 3.87. The number of carbonyl (C=O) groups excluding carboxylic acids is 1. The average Bonchev–Trinajstić information content (AvgIpc) is 2.99. The largest absolute Gasteiger partial charge is 0.488 e. The van der Waals surface area contributed by atoms with E-state index in [9.17, 15) is 4.79 Å². The highest BCUT2D eigenvalue weighted by atomic mass is 32.1. The summed E-state index contributed by atoms with van der Waals surface area (Å²) in [5, 5.41) is 2.96. The lowest BCUT2D eigenvalue weighted by molar-refractivity contribution is 0.0948. The van der Waals surface area contributed by atoms with Crippen molar-refractivity contribution >= 4 is 17.2 Å². The molecule has 5 heteroatoms. The third-order valence-electron chi connectivity index (χ3n) is 3.83. The highest BCUT2D eigenvalue weighted by Crippen LogP contribution is 2.44. The number of hydrogen-bond acceptors (Lipinski definition) is 4. The normalized spacial score (nSPS) is 12.3. The molecule has 0 spiro atoms. The predicted octanol–water partition coefficient (Wildman–Crippen LogP) is 3.77. The predicted molar refractivity (Wildman–Crippen MR) is 92.3 cm³/mol. The van der Waals surface area contributed by atoms with Gasteiger partial charge in [0.25, 0.3) is 5.91 Å². The summed E-state index contributed by atoms with van der Waals surface area (Å²) in [5.41, 5.74) is 3.39. The van der Waals surface area contributed by atoms with Crippen molar-refractivity contribution in [3.63, 3.8) is 0 Å². The molecule has 3 rings (SSSR count). The molecule has 4 nitrogen and oxygen atoms in total. The van der Waals surface area contributed by atoms with E-state index in [1.165, 1.54) is 5.56 Å². The number of ether oxygens (including phenoxy) is 2. The molecule has 1 aliphatic rings. The van der Waals surface area contributed by atoms with E-state index in [4.69, 9.17) is 9.47 Å². The Hall–Kier alpha value is -1.85. The Bertz CT molecular complexity index is 708. The maximum atomic E-state index is 12.3. The summed E-state index contributed by atoms with van der Waals surface area (Å²) in [6.45, 7) is 6.59. The zero-order chi connectivity index (χ0) is 16.2. The first-order valence-corrected chi connectivity index (χ1v) is 8.73. The molecule has 0 fully saturated rings. The van der Waals surface area contributed by atoms with Gasteiger partial charge in [0, 0.05) is 35.8 Å². The second-order valence-electron chi connectivity index (χ2n) is 5.51. The van der Waals surface area contributed by atoms with Gasteiger partial charge in [-0.25, -0.2) is 0 Å². The standard InChI is InChI=1S/C18H21NO3S/c1-3-21-9-5-8-19-18(20)15-10-13-11-22-14-7-4-6-12(2)16(14)17(13)23-15/h4,6-7,10H,3,5,8-9,11H2,1-2H3,(H,19,20). The molecule has 2 heterocycles. The van der Waals surface area contributed by atoms with Crippen LogP contribution in [0.15, 0.2) is 24.3 Å². The number of hydrogen-bond donors (Lipinski definition) is 1. The minimum absolute atomic E-state index is 0.0176. The Labute approximate surface area is 140 Å². The molecule has 0 saturated heterocycles. The molecule has 1 aliphatic heterocycles. The number of fused-ring (bicyclic) bond motifs is 3.